The Labute approximate surface area is 337 Å². The van der Waals surface area contributed by atoms with Gasteiger partial charge >= 0.3 is 0 Å². The van der Waals surface area contributed by atoms with E-state index in [1.165, 1.54) is 72.5 Å². The average molecular weight is 734 g/mol. The third-order valence-corrected chi connectivity index (χ3v) is 14.5. The lowest BCUT2D eigenvalue weighted by atomic mass is 9.62. The maximum absolute atomic E-state index is 5.54. The minimum atomic E-state index is 0.294. The van der Waals surface area contributed by atoms with Crippen LogP contribution in [0, 0.1) is 29.6 Å². The summed E-state index contributed by atoms with van der Waals surface area (Å²) >= 11 is 0. The summed E-state index contributed by atoms with van der Waals surface area (Å²) in [7, 11) is 0. The Morgan fingerprint density at radius 1 is 0.614 bits per heavy atom. The molecule has 9 unspecified atom stereocenters. The van der Waals surface area contributed by atoms with Gasteiger partial charge in [0.25, 0.3) is 0 Å². The van der Waals surface area contributed by atoms with Crippen molar-refractivity contribution in [3.05, 3.63) is 231 Å². The first kappa shape index (κ1) is 33.4. The van der Waals surface area contributed by atoms with Crippen LogP contribution in [0.3, 0.4) is 0 Å². The second-order valence-corrected chi connectivity index (χ2v) is 17.5. The fourth-order valence-corrected chi connectivity index (χ4v) is 11.7. The zero-order valence-corrected chi connectivity index (χ0v) is 32.3. The highest BCUT2D eigenvalue weighted by Gasteiger charge is 2.49. The van der Waals surface area contributed by atoms with Crippen molar-refractivity contribution in [2.24, 2.45) is 34.6 Å². The van der Waals surface area contributed by atoms with Crippen LogP contribution < -0.4 is 0 Å². The maximum Gasteiger partial charge on any atom is 0.0581 e. The highest BCUT2D eigenvalue weighted by atomic mass is 14.9. The molecule has 0 amide bonds. The number of hydrogen-bond donors (Lipinski definition) is 0. The normalized spacial score (nSPS) is 31.9. The molecule has 9 aliphatic rings. The second-order valence-electron chi connectivity index (χ2n) is 17.5. The standard InChI is InChI=1S/C56H47N/c1-2-10-37(11-3-1)54-46-13-5-4-12-44(46)33-52(54)45-27-26-40-30-39(24-25-42(40)32-45)35-18-19-36-21-23-41(31-38(36)22-20-35)43-28-29-51-53(34-43)57-56-50-17-9-7-15-48(50)47-14-6-8-16-49(47)55(51)56/h2,4-29,31-33,35,40,43,47,49,51,53-55H,1,3,30,34H2. The van der Waals surface area contributed by atoms with Crippen molar-refractivity contribution in [3.8, 4) is 0 Å². The zero-order valence-electron chi connectivity index (χ0n) is 32.3. The van der Waals surface area contributed by atoms with Crippen LogP contribution in [0.15, 0.2) is 197 Å². The summed E-state index contributed by atoms with van der Waals surface area (Å²) in [5.74, 6) is 3.28. The highest BCUT2D eigenvalue weighted by Crippen LogP contribution is 2.53. The van der Waals surface area contributed by atoms with Crippen LogP contribution in [0.4, 0.5) is 0 Å². The summed E-state index contributed by atoms with van der Waals surface area (Å²) < 4.78 is 0. The zero-order chi connectivity index (χ0) is 37.5. The minimum absolute atomic E-state index is 0.294. The van der Waals surface area contributed by atoms with Crippen molar-refractivity contribution in [3.63, 3.8) is 0 Å². The van der Waals surface area contributed by atoms with Crippen molar-refractivity contribution in [1.82, 2.24) is 0 Å². The fourth-order valence-electron chi connectivity index (χ4n) is 11.7. The molecule has 1 heterocycles. The molecular weight excluding hydrogens is 687 g/mol. The predicted molar refractivity (Wildman–Crippen MR) is 238 cm³/mol. The number of aliphatic imine (C=N–C) groups is 1. The molecule has 0 fully saturated rings. The summed E-state index contributed by atoms with van der Waals surface area (Å²) in [5.41, 5.74) is 18.2. The molecule has 0 aromatic heterocycles. The van der Waals surface area contributed by atoms with E-state index in [1.54, 1.807) is 0 Å². The average Bonchev–Trinajstić information content (AvgIpc) is 3.78. The Balaban J connectivity index is 0.779. The van der Waals surface area contributed by atoms with E-state index in [2.05, 4.69) is 182 Å². The highest BCUT2D eigenvalue weighted by molar-refractivity contribution is 6.07. The van der Waals surface area contributed by atoms with Crippen molar-refractivity contribution >= 4 is 23.9 Å². The van der Waals surface area contributed by atoms with Crippen LogP contribution in [0.5, 0.6) is 0 Å². The van der Waals surface area contributed by atoms with E-state index < -0.39 is 0 Å². The summed E-state index contributed by atoms with van der Waals surface area (Å²) in [4.78, 5) is 5.54. The molecule has 0 saturated carbocycles. The number of nitrogens with zero attached hydrogens (tertiary/aromatic N) is 1. The lowest BCUT2D eigenvalue weighted by molar-refractivity contribution is 0.328. The van der Waals surface area contributed by atoms with E-state index in [0.717, 1.165) is 25.7 Å². The Morgan fingerprint density at radius 2 is 1.49 bits per heavy atom. The van der Waals surface area contributed by atoms with Gasteiger partial charge in [-0.3, -0.25) is 4.99 Å². The second kappa shape index (κ2) is 13.4. The molecule has 1 aliphatic heterocycles. The van der Waals surface area contributed by atoms with Gasteiger partial charge in [-0.2, -0.15) is 0 Å². The topological polar surface area (TPSA) is 12.4 Å². The quantitative estimate of drug-likeness (QED) is 0.237. The minimum Gasteiger partial charge on any atom is -0.285 e. The molecule has 1 nitrogen and oxygen atoms in total. The fraction of sp³-hybridized carbons (Fsp3) is 0.232. The van der Waals surface area contributed by atoms with Gasteiger partial charge in [-0.25, -0.2) is 0 Å². The Hall–Kier alpha value is -5.79. The monoisotopic (exact) mass is 733 g/mol. The van der Waals surface area contributed by atoms with E-state index in [4.69, 9.17) is 4.99 Å². The van der Waals surface area contributed by atoms with Crippen molar-refractivity contribution in [2.45, 2.75) is 49.5 Å². The molecule has 8 aliphatic carbocycles. The van der Waals surface area contributed by atoms with E-state index in [0.29, 0.717) is 53.4 Å². The predicted octanol–water partition coefficient (Wildman–Crippen LogP) is 13.2. The molecule has 9 atom stereocenters. The largest absolute Gasteiger partial charge is 0.285 e. The smallest absolute Gasteiger partial charge is 0.0581 e. The first-order chi connectivity index (χ1) is 28.2. The molecule has 0 spiro atoms. The van der Waals surface area contributed by atoms with Crippen LogP contribution in [-0.4, -0.2) is 11.8 Å². The van der Waals surface area contributed by atoms with Crippen LogP contribution >= 0.6 is 0 Å². The van der Waals surface area contributed by atoms with E-state index >= 15 is 0 Å². The molecule has 1 heteroatoms. The molecule has 12 rings (SSSR count). The van der Waals surface area contributed by atoms with Crippen LogP contribution in [0.25, 0.3) is 18.2 Å². The maximum atomic E-state index is 5.54. The van der Waals surface area contributed by atoms with Gasteiger partial charge in [-0.15, -0.1) is 0 Å². The van der Waals surface area contributed by atoms with Gasteiger partial charge in [0.2, 0.25) is 0 Å². The molecule has 57 heavy (non-hydrogen) atoms. The lowest BCUT2D eigenvalue weighted by Crippen LogP contribution is -2.37. The molecule has 0 bridgehead atoms. The number of benzene rings is 3. The van der Waals surface area contributed by atoms with E-state index in [9.17, 15) is 0 Å². The molecule has 0 radical (unpaired) electrons. The van der Waals surface area contributed by atoms with Crippen LogP contribution in [-0.2, 0) is 0 Å². The van der Waals surface area contributed by atoms with Crippen molar-refractivity contribution in [1.29, 1.82) is 0 Å². The van der Waals surface area contributed by atoms with Gasteiger partial charge in [-0.1, -0.05) is 182 Å². The third-order valence-electron chi connectivity index (χ3n) is 14.5. The number of allylic oxidation sites excluding steroid dienone is 20. The number of hydrogen-bond acceptors (Lipinski definition) is 1. The third kappa shape index (κ3) is 5.53. The number of fused-ring (bicyclic) bond motifs is 11. The lowest BCUT2D eigenvalue weighted by Gasteiger charge is -2.40. The number of rotatable bonds is 4. The van der Waals surface area contributed by atoms with Crippen molar-refractivity contribution < 1.29 is 0 Å². The summed E-state index contributed by atoms with van der Waals surface area (Å²) in [6, 6.07) is 25.5. The van der Waals surface area contributed by atoms with Gasteiger partial charge in [0.15, 0.2) is 0 Å². The molecule has 276 valence electrons. The summed E-state index contributed by atoms with van der Waals surface area (Å²) in [6.07, 6.45) is 50.2. The van der Waals surface area contributed by atoms with Crippen LogP contribution in [0.2, 0.25) is 0 Å². The molecule has 3 aromatic carbocycles. The SMILES string of the molecule is C1=CC2c3ccccc3C3=NC4CC(c5ccc6c(c5)C=CC(C5=CC=C7C=C(C8=Cc9ccccc9C8C8=CCCC=C8)C=CC7C5)C=C6)C=CC4C3C2C=C1. The Bertz CT molecular complexity index is 2630. The summed E-state index contributed by atoms with van der Waals surface area (Å²) in [6.45, 7) is 0. The Kier molecular flexibility index (Phi) is 7.85. The summed E-state index contributed by atoms with van der Waals surface area (Å²) in [5, 5.41) is 0. The van der Waals surface area contributed by atoms with Gasteiger partial charge < -0.3 is 0 Å². The van der Waals surface area contributed by atoms with E-state index in [-0.39, 0.29) is 0 Å². The van der Waals surface area contributed by atoms with Gasteiger partial charge in [0, 0.05) is 47.1 Å². The molecule has 0 N–H and O–H groups in total. The van der Waals surface area contributed by atoms with Gasteiger partial charge in [0.1, 0.15) is 0 Å². The first-order valence-electron chi connectivity index (χ1n) is 21.4. The van der Waals surface area contributed by atoms with Gasteiger partial charge in [0.05, 0.1) is 6.04 Å². The van der Waals surface area contributed by atoms with Crippen LogP contribution in [0.1, 0.15) is 82.4 Å². The van der Waals surface area contributed by atoms with E-state index in [1.807, 2.05) is 0 Å². The molecular formula is C56H47N. The first-order valence-corrected chi connectivity index (χ1v) is 21.4. The van der Waals surface area contributed by atoms with Gasteiger partial charge in [-0.05, 0) is 98.9 Å². The molecule has 3 aromatic rings. The molecule has 0 saturated heterocycles. The Morgan fingerprint density at radius 3 is 2.42 bits per heavy atom. The van der Waals surface area contributed by atoms with Crippen molar-refractivity contribution in [2.75, 3.05) is 0 Å².